The predicted octanol–water partition coefficient (Wildman–Crippen LogP) is 10.7. The summed E-state index contributed by atoms with van der Waals surface area (Å²) in [5.41, 5.74) is 14.6. The molecule has 4 aliphatic rings. The molecular formula is C56H38B2N2O4. The van der Waals surface area contributed by atoms with E-state index in [1.807, 2.05) is 24.3 Å². The van der Waals surface area contributed by atoms with E-state index in [0.717, 1.165) is 124 Å². The van der Waals surface area contributed by atoms with E-state index in [1.54, 1.807) is 0 Å². The van der Waals surface area contributed by atoms with Gasteiger partial charge in [-0.3, -0.25) is 0 Å². The molecule has 0 saturated carbocycles. The molecule has 64 heavy (non-hydrogen) atoms. The van der Waals surface area contributed by atoms with Gasteiger partial charge in [-0.25, -0.2) is 0 Å². The normalized spacial score (nSPS) is 13.0. The van der Waals surface area contributed by atoms with Gasteiger partial charge in [0.2, 0.25) is 0 Å². The third-order valence-electron chi connectivity index (χ3n) is 12.9. The highest BCUT2D eigenvalue weighted by Gasteiger charge is 2.46. The lowest BCUT2D eigenvalue weighted by atomic mass is 9.31. The van der Waals surface area contributed by atoms with Crippen LogP contribution >= 0.6 is 0 Å². The van der Waals surface area contributed by atoms with Gasteiger partial charge in [0.1, 0.15) is 46.0 Å². The Morgan fingerprint density at radius 1 is 0.281 bits per heavy atom. The van der Waals surface area contributed by atoms with Crippen molar-refractivity contribution in [3.63, 3.8) is 0 Å². The molecule has 0 amide bonds. The number of ether oxygens (including phenoxy) is 4. The Labute approximate surface area is 372 Å². The van der Waals surface area contributed by atoms with Crippen LogP contribution in [0, 0.1) is 13.8 Å². The molecule has 13 rings (SSSR count). The fourth-order valence-corrected chi connectivity index (χ4v) is 10.1. The van der Waals surface area contributed by atoms with Crippen LogP contribution in [0.4, 0.5) is 34.1 Å². The first-order valence-corrected chi connectivity index (χ1v) is 21.8. The highest BCUT2D eigenvalue weighted by molar-refractivity contribution is 7.01. The van der Waals surface area contributed by atoms with Crippen LogP contribution in [-0.2, 0) is 0 Å². The van der Waals surface area contributed by atoms with Crippen molar-refractivity contribution < 1.29 is 18.9 Å². The van der Waals surface area contributed by atoms with Crippen LogP contribution in [0.25, 0.3) is 0 Å². The molecule has 0 atom stereocenters. The minimum atomic E-state index is -0.148. The van der Waals surface area contributed by atoms with Gasteiger partial charge in [-0.15, -0.1) is 0 Å². The molecule has 0 radical (unpaired) electrons. The van der Waals surface area contributed by atoms with E-state index in [1.165, 1.54) is 0 Å². The number of fused-ring (bicyclic) bond motifs is 8. The summed E-state index contributed by atoms with van der Waals surface area (Å²) < 4.78 is 28.1. The van der Waals surface area contributed by atoms with Gasteiger partial charge < -0.3 is 28.7 Å². The number of rotatable bonds is 6. The molecule has 0 fully saturated rings. The number of para-hydroxylation sites is 4. The molecule has 0 aliphatic carbocycles. The summed E-state index contributed by atoms with van der Waals surface area (Å²) in [6, 6.07) is 67.9. The summed E-state index contributed by atoms with van der Waals surface area (Å²) in [5.74, 6) is 6.27. The van der Waals surface area contributed by atoms with E-state index in [2.05, 4.69) is 194 Å². The van der Waals surface area contributed by atoms with Gasteiger partial charge in [0.05, 0.1) is 11.4 Å². The third-order valence-corrected chi connectivity index (χ3v) is 12.9. The van der Waals surface area contributed by atoms with Crippen molar-refractivity contribution in [3.05, 3.63) is 205 Å². The maximum atomic E-state index is 7.13. The summed E-state index contributed by atoms with van der Waals surface area (Å²) in [4.78, 5) is 4.50. The number of nitrogens with zero attached hydrogens (tertiary/aromatic N) is 2. The molecular weight excluding hydrogens is 786 g/mol. The van der Waals surface area contributed by atoms with E-state index in [-0.39, 0.29) is 13.4 Å². The average molecular weight is 825 g/mol. The summed E-state index contributed by atoms with van der Waals surface area (Å²) in [5, 5.41) is 0. The monoisotopic (exact) mass is 824 g/mol. The third kappa shape index (κ3) is 5.76. The zero-order valence-corrected chi connectivity index (χ0v) is 35.2. The summed E-state index contributed by atoms with van der Waals surface area (Å²) in [7, 11) is 0. The predicted molar refractivity (Wildman–Crippen MR) is 261 cm³/mol. The van der Waals surface area contributed by atoms with E-state index in [9.17, 15) is 0 Å². The Morgan fingerprint density at radius 2 is 0.594 bits per heavy atom. The molecule has 6 nitrogen and oxygen atoms in total. The molecule has 0 bridgehead atoms. The molecule has 9 aromatic carbocycles. The Bertz CT molecular complexity index is 3030. The fourth-order valence-electron chi connectivity index (χ4n) is 10.1. The molecule has 8 heteroatoms. The molecule has 4 heterocycles. The quantitative estimate of drug-likeness (QED) is 0.156. The minimum Gasteiger partial charge on any atom is -0.458 e. The highest BCUT2D eigenvalue weighted by Crippen LogP contribution is 2.46. The van der Waals surface area contributed by atoms with E-state index < -0.39 is 0 Å². The zero-order valence-electron chi connectivity index (χ0n) is 35.2. The molecule has 0 N–H and O–H groups in total. The standard InChI is InChI=1S/C56H38B2N2O4/c1-35-23-25-43-47(27-35)61-51-29-41(59(37-15-7-3-8-16-37)38-17-9-4-10-18-38)31-53-55(51)57(43)45-33-46-50(34-49(45)63-53)64-54-32-42(60(39-19-11-5-12-20-39)40-21-13-6-14-22-40)30-52-56(54)58(46)44-26-24-36(2)28-48(44)62-52/h3-34H,1-2H3. The second kappa shape index (κ2) is 14.2. The molecule has 0 saturated heterocycles. The van der Waals surface area contributed by atoms with Crippen molar-refractivity contribution in [1.82, 2.24) is 0 Å². The Morgan fingerprint density at radius 3 is 0.922 bits per heavy atom. The van der Waals surface area contributed by atoms with E-state index in [4.69, 9.17) is 18.9 Å². The van der Waals surface area contributed by atoms with Crippen LogP contribution < -0.4 is 61.5 Å². The number of anilines is 6. The highest BCUT2D eigenvalue weighted by atomic mass is 16.5. The van der Waals surface area contributed by atoms with Crippen LogP contribution in [0.1, 0.15) is 11.1 Å². The maximum absolute atomic E-state index is 7.13. The summed E-state index contributed by atoms with van der Waals surface area (Å²) >= 11 is 0. The van der Waals surface area contributed by atoms with Crippen LogP contribution in [0.5, 0.6) is 46.0 Å². The first kappa shape index (κ1) is 36.6. The van der Waals surface area contributed by atoms with E-state index >= 15 is 0 Å². The van der Waals surface area contributed by atoms with Gasteiger partial charge in [-0.1, -0.05) is 103 Å². The van der Waals surface area contributed by atoms with Crippen molar-refractivity contribution >= 4 is 80.3 Å². The zero-order chi connectivity index (χ0) is 42.5. The minimum absolute atomic E-state index is 0.148. The Balaban J connectivity index is 1.01. The number of hydrogen-bond acceptors (Lipinski definition) is 6. The van der Waals surface area contributed by atoms with Gasteiger partial charge in [0, 0.05) is 64.0 Å². The maximum Gasteiger partial charge on any atom is 0.260 e. The molecule has 302 valence electrons. The van der Waals surface area contributed by atoms with Crippen molar-refractivity contribution in [2.24, 2.45) is 0 Å². The smallest absolute Gasteiger partial charge is 0.260 e. The molecule has 0 spiro atoms. The second-order valence-electron chi connectivity index (χ2n) is 17.0. The number of aryl methyl sites for hydroxylation is 2. The summed E-state index contributed by atoms with van der Waals surface area (Å²) in [6.45, 7) is 3.93. The Kier molecular flexibility index (Phi) is 8.13. The lowest BCUT2D eigenvalue weighted by Crippen LogP contribution is -2.61. The van der Waals surface area contributed by atoms with Crippen LogP contribution in [-0.4, -0.2) is 13.4 Å². The van der Waals surface area contributed by atoms with Crippen molar-refractivity contribution in [2.75, 3.05) is 9.80 Å². The largest absolute Gasteiger partial charge is 0.458 e. The second-order valence-corrected chi connectivity index (χ2v) is 17.0. The SMILES string of the molecule is Cc1ccc2c(c1)Oc1cc(N(c3ccccc3)c3ccccc3)cc3c1B2c1cc2c(cc1O3)Oc1cc(N(c3ccccc3)c3ccccc3)cc3c1B2c1ccc(C)cc1O3. The first-order valence-electron chi connectivity index (χ1n) is 21.8. The lowest BCUT2D eigenvalue weighted by Gasteiger charge is -2.38. The average Bonchev–Trinajstić information content (AvgIpc) is 3.32. The van der Waals surface area contributed by atoms with Gasteiger partial charge >= 0.3 is 0 Å². The number of benzene rings is 9. The van der Waals surface area contributed by atoms with Crippen molar-refractivity contribution in [3.8, 4) is 46.0 Å². The van der Waals surface area contributed by atoms with E-state index in [0.29, 0.717) is 0 Å². The molecule has 0 aromatic heterocycles. The Hall–Kier alpha value is -8.09. The lowest BCUT2D eigenvalue weighted by molar-refractivity contribution is 0.452. The number of hydrogen-bond donors (Lipinski definition) is 0. The van der Waals surface area contributed by atoms with Crippen LogP contribution in [0.3, 0.4) is 0 Å². The van der Waals surface area contributed by atoms with Gasteiger partial charge in [-0.2, -0.15) is 0 Å². The van der Waals surface area contributed by atoms with Crippen LogP contribution in [0.15, 0.2) is 194 Å². The van der Waals surface area contributed by atoms with Crippen LogP contribution in [0.2, 0.25) is 0 Å². The fraction of sp³-hybridized carbons (Fsp3) is 0.0357. The van der Waals surface area contributed by atoms with Crippen molar-refractivity contribution in [2.45, 2.75) is 13.8 Å². The van der Waals surface area contributed by atoms with Crippen molar-refractivity contribution in [1.29, 1.82) is 0 Å². The molecule has 4 aliphatic heterocycles. The topological polar surface area (TPSA) is 43.4 Å². The first-order chi connectivity index (χ1) is 31.5. The molecule has 9 aromatic rings. The van der Waals surface area contributed by atoms with Gasteiger partial charge in [0.15, 0.2) is 0 Å². The van der Waals surface area contributed by atoms with Gasteiger partial charge in [0.25, 0.3) is 13.4 Å². The molecule has 0 unspecified atom stereocenters. The summed E-state index contributed by atoms with van der Waals surface area (Å²) in [6.07, 6.45) is 0. The van der Waals surface area contributed by atoms with Gasteiger partial charge in [-0.05, 0) is 107 Å².